The molecule has 0 spiro atoms. The van der Waals surface area contributed by atoms with Crippen LogP contribution in [0.25, 0.3) is 0 Å². The van der Waals surface area contributed by atoms with Crippen molar-refractivity contribution in [3.8, 4) is 5.75 Å². The molecule has 4 heteroatoms. The van der Waals surface area contributed by atoms with Crippen LogP contribution in [0.5, 0.6) is 5.75 Å². The summed E-state index contributed by atoms with van der Waals surface area (Å²) in [7, 11) is 0. The third-order valence-corrected chi connectivity index (χ3v) is 3.46. The summed E-state index contributed by atoms with van der Waals surface area (Å²) >= 11 is 3.14. The van der Waals surface area contributed by atoms with E-state index in [0.717, 1.165) is 0 Å². The molecule has 94 valence electrons. The van der Waals surface area contributed by atoms with Gasteiger partial charge in [-0.15, -0.1) is 0 Å². The molecule has 0 aliphatic heterocycles. The first kappa shape index (κ1) is 13.0. The van der Waals surface area contributed by atoms with E-state index in [2.05, 4.69) is 15.9 Å². The number of ether oxygens (including phenoxy) is 1. The second kappa shape index (κ2) is 5.48. The molecule has 18 heavy (non-hydrogen) atoms. The molecule has 0 saturated carbocycles. The van der Waals surface area contributed by atoms with Crippen molar-refractivity contribution < 1.29 is 13.5 Å². The lowest BCUT2D eigenvalue weighted by Crippen LogP contribution is -2.00. The van der Waals surface area contributed by atoms with Crippen LogP contribution < -0.4 is 4.74 Å². The topological polar surface area (TPSA) is 9.23 Å². The number of hydrogen-bond donors (Lipinski definition) is 0. The summed E-state index contributed by atoms with van der Waals surface area (Å²) in [6.45, 7) is 1.78. The zero-order valence-electron chi connectivity index (χ0n) is 9.71. The number of halogens is 3. The molecule has 0 amide bonds. The molecule has 0 bridgehead atoms. The Morgan fingerprint density at radius 2 is 1.83 bits per heavy atom. The first-order valence-electron chi connectivity index (χ1n) is 5.40. The van der Waals surface area contributed by atoms with E-state index in [1.54, 1.807) is 37.3 Å². The van der Waals surface area contributed by atoms with E-state index in [4.69, 9.17) is 4.74 Å². The fourth-order valence-corrected chi connectivity index (χ4v) is 1.93. The van der Waals surface area contributed by atoms with E-state index in [0.29, 0.717) is 15.6 Å². The summed E-state index contributed by atoms with van der Waals surface area (Å²) < 4.78 is 32.7. The van der Waals surface area contributed by atoms with Gasteiger partial charge in [-0.3, -0.25) is 0 Å². The van der Waals surface area contributed by atoms with Crippen molar-refractivity contribution in [3.63, 3.8) is 0 Å². The van der Waals surface area contributed by atoms with Gasteiger partial charge < -0.3 is 4.74 Å². The SMILES string of the molecule is Cc1cccc(OCc2cccc(F)c2Br)c1F. The van der Waals surface area contributed by atoms with E-state index in [-0.39, 0.29) is 24.0 Å². The van der Waals surface area contributed by atoms with Crippen LogP contribution in [0.3, 0.4) is 0 Å². The Kier molecular flexibility index (Phi) is 3.97. The minimum absolute atomic E-state index is 0.110. The van der Waals surface area contributed by atoms with Gasteiger partial charge in [0.2, 0.25) is 0 Å². The highest BCUT2D eigenvalue weighted by atomic mass is 79.9. The van der Waals surface area contributed by atoms with Crippen LogP contribution in [-0.2, 0) is 6.61 Å². The summed E-state index contributed by atoms with van der Waals surface area (Å²) in [6.07, 6.45) is 0. The molecule has 2 aromatic carbocycles. The van der Waals surface area contributed by atoms with Gasteiger partial charge in [0, 0.05) is 5.56 Å². The highest BCUT2D eigenvalue weighted by Gasteiger charge is 2.09. The number of hydrogen-bond acceptors (Lipinski definition) is 1. The van der Waals surface area contributed by atoms with Gasteiger partial charge in [-0.1, -0.05) is 24.3 Å². The van der Waals surface area contributed by atoms with Gasteiger partial charge in [0.15, 0.2) is 11.6 Å². The maximum absolute atomic E-state index is 13.7. The predicted molar refractivity (Wildman–Crippen MR) is 69.6 cm³/mol. The fraction of sp³-hybridized carbons (Fsp3) is 0.143. The van der Waals surface area contributed by atoms with Crippen molar-refractivity contribution in [3.05, 3.63) is 63.6 Å². The summed E-state index contributed by atoms with van der Waals surface area (Å²) in [5, 5.41) is 0. The van der Waals surface area contributed by atoms with Crippen molar-refractivity contribution in [2.75, 3.05) is 0 Å². The molecule has 0 aromatic heterocycles. The van der Waals surface area contributed by atoms with E-state index < -0.39 is 0 Å². The van der Waals surface area contributed by atoms with Crippen LogP contribution in [0, 0.1) is 18.6 Å². The Labute approximate surface area is 113 Å². The summed E-state index contributed by atoms with van der Waals surface area (Å²) in [6, 6.07) is 9.59. The summed E-state index contributed by atoms with van der Waals surface area (Å²) in [5.41, 5.74) is 1.15. The average Bonchev–Trinajstić information content (AvgIpc) is 2.36. The Morgan fingerprint density at radius 1 is 1.11 bits per heavy atom. The lowest BCUT2D eigenvalue weighted by molar-refractivity contribution is 0.288. The minimum Gasteiger partial charge on any atom is -0.486 e. The van der Waals surface area contributed by atoms with Gasteiger partial charge >= 0.3 is 0 Å². The second-order valence-electron chi connectivity index (χ2n) is 3.89. The molecular weight excluding hydrogens is 302 g/mol. The molecule has 0 N–H and O–H groups in total. The highest BCUT2D eigenvalue weighted by molar-refractivity contribution is 9.10. The van der Waals surface area contributed by atoms with Crippen molar-refractivity contribution in [1.82, 2.24) is 0 Å². The van der Waals surface area contributed by atoms with Gasteiger partial charge in [-0.2, -0.15) is 0 Å². The van der Waals surface area contributed by atoms with E-state index in [1.807, 2.05) is 0 Å². The maximum Gasteiger partial charge on any atom is 0.167 e. The Hall–Kier alpha value is -1.42. The zero-order valence-corrected chi connectivity index (χ0v) is 11.3. The van der Waals surface area contributed by atoms with Crippen LogP contribution in [0.1, 0.15) is 11.1 Å². The lowest BCUT2D eigenvalue weighted by atomic mass is 10.2. The molecule has 0 aliphatic rings. The normalized spacial score (nSPS) is 10.4. The van der Waals surface area contributed by atoms with Gasteiger partial charge in [0.25, 0.3) is 0 Å². The third-order valence-electron chi connectivity index (χ3n) is 2.57. The number of rotatable bonds is 3. The van der Waals surface area contributed by atoms with Crippen LogP contribution in [0.2, 0.25) is 0 Å². The summed E-state index contributed by atoms with van der Waals surface area (Å²) in [4.78, 5) is 0. The van der Waals surface area contributed by atoms with Crippen LogP contribution >= 0.6 is 15.9 Å². The first-order valence-corrected chi connectivity index (χ1v) is 6.19. The molecular formula is C14H11BrF2O. The molecule has 2 aromatic rings. The van der Waals surface area contributed by atoms with Crippen molar-refractivity contribution in [2.45, 2.75) is 13.5 Å². The van der Waals surface area contributed by atoms with Crippen molar-refractivity contribution >= 4 is 15.9 Å². The molecule has 1 nitrogen and oxygen atoms in total. The number of benzene rings is 2. The monoisotopic (exact) mass is 312 g/mol. The van der Waals surface area contributed by atoms with Crippen LogP contribution in [-0.4, -0.2) is 0 Å². The Morgan fingerprint density at radius 3 is 2.61 bits per heavy atom. The molecule has 0 unspecified atom stereocenters. The van der Waals surface area contributed by atoms with E-state index in [1.165, 1.54) is 6.07 Å². The van der Waals surface area contributed by atoms with Crippen molar-refractivity contribution in [1.29, 1.82) is 0 Å². The van der Waals surface area contributed by atoms with Gasteiger partial charge in [0.1, 0.15) is 12.4 Å². The smallest absolute Gasteiger partial charge is 0.167 e. The Bertz CT molecular complexity index is 518. The molecule has 0 fully saturated rings. The van der Waals surface area contributed by atoms with E-state index >= 15 is 0 Å². The third kappa shape index (κ3) is 2.70. The zero-order chi connectivity index (χ0) is 13.1. The molecule has 0 atom stereocenters. The standard InChI is InChI=1S/C14H11BrF2O/c1-9-4-2-7-12(14(9)17)18-8-10-5-3-6-11(16)13(10)15/h2-7H,8H2,1H3. The molecule has 0 heterocycles. The fourth-order valence-electron chi connectivity index (χ4n) is 1.55. The Balaban J connectivity index is 2.17. The van der Waals surface area contributed by atoms with Crippen molar-refractivity contribution in [2.24, 2.45) is 0 Å². The quantitative estimate of drug-likeness (QED) is 0.804. The van der Waals surface area contributed by atoms with E-state index in [9.17, 15) is 8.78 Å². The average molecular weight is 313 g/mol. The van der Waals surface area contributed by atoms with Crippen LogP contribution in [0.15, 0.2) is 40.9 Å². The molecule has 0 saturated heterocycles. The second-order valence-corrected chi connectivity index (χ2v) is 4.68. The number of aryl methyl sites for hydroxylation is 1. The van der Waals surface area contributed by atoms with Gasteiger partial charge in [-0.25, -0.2) is 8.78 Å². The van der Waals surface area contributed by atoms with Gasteiger partial charge in [0.05, 0.1) is 4.47 Å². The lowest BCUT2D eigenvalue weighted by Gasteiger charge is -2.10. The maximum atomic E-state index is 13.7. The van der Waals surface area contributed by atoms with Crippen LogP contribution in [0.4, 0.5) is 8.78 Å². The molecule has 0 aliphatic carbocycles. The first-order chi connectivity index (χ1) is 8.59. The highest BCUT2D eigenvalue weighted by Crippen LogP contribution is 2.24. The van der Waals surface area contributed by atoms with Gasteiger partial charge in [-0.05, 0) is 40.5 Å². The minimum atomic E-state index is -0.384. The summed E-state index contributed by atoms with van der Waals surface area (Å²) in [5.74, 6) is -0.572. The largest absolute Gasteiger partial charge is 0.486 e. The molecule has 0 radical (unpaired) electrons. The molecule has 2 rings (SSSR count). The predicted octanol–water partition coefficient (Wildman–Crippen LogP) is 4.61.